The van der Waals surface area contributed by atoms with Crippen LogP contribution in [0, 0.1) is 0 Å². The predicted octanol–water partition coefficient (Wildman–Crippen LogP) is 3.18. The Labute approximate surface area is 80.9 Å². The predicted molar refractivity (Wildman–Crippen MR) is 47.2 cm³/mol. The molecule has 0 aromatic carbocycles. The van der Waals surface area contributed by atoms with Gasteiger partial charge in [0.15, 0.2) is 5.78 Å². The van der Waals surface area contributed by atoms with Crippen molar-refractivity contribution >= 4 is 28.9 Å². The first-order valence-electron chi connectivity index (χ1n) is 3.26. The number of Topliss-reactive ketones (excluding diaryl/α,β-unsaturated/α-hetero) is 1. The normalized spacial score (nSPS) is 11.6. The molecule has 1 heterocycles. The molecule has 0 aliphatic carbocycles. The highest BCUT2D eigenvalue weighted by Gasteiger charge is 2.29. The number of rotatable bonds is 3. The number of thiophene rings is 1. The maximum Gasteiger partial charge on any atom is 0.442 e. The third-order valence-electron chi connectivity index (χ3n) is 1.16. The van der Waals surface area contributed by atoms with Crippen LogP contribution in [-0.4, -0.2) is 17.0 Å². The highest BCUT2D eigenvalue weighted by Crippen LogP contribution is 2.30. The lowest BCUT2D eigenvalue weighted by atomic mass is 10.4. The lowest BCUT2D eigenvalue weighted by Gasteiger charge is -2.02. The van der Waals surface area contributed by atoms with Gasteiger partial charge in [-0.3, -0.25) is 4.79 Å². The van der Waals surface area contributed by atoms with Crippen LogP contribution in [0.3, 0.4) is 0 Å². The van der Waals surface area contributed by atoms with Crippen LogP contribution in [0.4, 0.5) is 13.2 Å². The van der Waals surface area contributed by atoms with Gasteiger partial charge in [-0.2, -0.15) is 13.2 Å². The summed E-state index contributed by atoms with van der Waals surface area (Å²) in [4.78, 5) is 11.4. The van der Waals surface area contributed by atoms with Gasteiger partial charge in [-0.15, -0.1) is 11.3 Å². The molecule has 0 saturated heterocycles. The molecular formula is C7H5F3OS2. The first-order valence-corrected chi connectivity index (χ1v) is 5.13. The van der Waals surface area contributed by atoms with Crippen LogP contribution in [0.15, 0.2) is 17.5 Å². The Kier molecular flexibility index (Phi) is 3.38. The first-order chi connectivity index (χ1) is 5.99. The Morgan fingerprint density at radius 3 is 2.69 bits per heavy atom. The van der Waals surface area contributed by atoms with Crippen molar-refractivity contribution in [1.82, 2.24) is 0 Å². The highest BCUT2D eigenvalue weighted by molar-refractivity contribution is 8.00. The molecule has 0 radical (unpaired) electrons. The van der Waals surface area contributed by atoms with E-state index in [1.807, 2.05) is 0 Å². The summed E-state index contributed by atoms with van der Waals surface area (Å²) in [5.74, 6) is -1.01. The van der Waals surface area contributed by atoms with E-state index in [2.05, 4.69) is 0 Å². The highest BCUT2D eigenvalue weighted by atomic mass is 32.2. The maximum atomic E-state index is 11.7. The van der Waals surface area contributed by atoms with E-state index in [0.29, 0.717) is 4.88 Å². The summed E-state index contributed by atoms with van der Waals surface area (Å²) in [5.41, 5.74) is -4.33. The van der Waals surface area contributed by atoms with Crippen LogP contribution in [0.1, 0.15) is 9.67 Å². The number of alkyl halides is 3. The molecule has 0 aliphatic heterocycles. The van der Waals surface area contributed by atoms with Crippen LogP contribution in [-0.2, 0) is 0 Å². The molecular weight excluding hydrogens is 221 g/mol. The van der Waals surface area contributed by atoms with E-state index in [1.165, 1.54) is 6.07 Å². The van der Waals surface area contributed by atoms with Gasteiger partial charge in [0, 0.05) is 0 Å². The van der Waals surface area contributed by atoms with Crippen molar-refractivity contribution < 1.29 is 18.0 Å². The Morgan fingerprint density at radius 1 is 1.54 bits per heavy atom. The number of ketones is 1. The van der Waals surface area contributed by atoms with Crippen LogP contribution in [0.2, 0.25) is 0 Å². The minimum absolute atomic E-state index is 0.303. The number of carbonyl (C=O) groups excluding carboxylic acids is 1. The van der Waals surface area contributed by atoms with Crippen molar-refractivity contribution in [1.29, 1.82) is 0 Å². The SMILES string of the molecule is O=C(CSC(F)(F)F)c1cccs1. The largest absolute Gasteiger partial charge is 0.442 e. The molecule has 1 aromatic heterocycles. The zero-order chi connectivity index (χ0) is 9.90. The van der Waals surface area contributed by atoms with Crippen molar-refractivity contribution in [3.63, 3.8) is 0 Å². The Bertz CT molecular complexity index is 278. The Morgan fingerprint density at radius 2 is 2.23 bits per heavy atom. The quantitative estimate of drug-likeness (QED) is 0.736. The van der Waals surface area contributed by atoms with Crippen molar-refractivity contribution in [2.75, 3.05) is 5.75 Å². The zero-order valence-electron chi connectivity index (χ0n) is 6.30. The standard InChI is InChI=1S/C7H5F3OS2/c8-7(9,10)13-4-5(11)6-2-1-3-12-6/h1-3H,4H2. The van der Waals surface area contributed by atoms with Gasteiger partial charge in [0.1, 0.15) is 0 Å². The fourth-order valence-corrected chi connectivity index (χ4v) is 1.86. The molecule has 0 spiro atoms. The summed E-state index contributed by atoms with van der Waals surface area (Å²) >= 11 is 0.848. The van der Waals surface area contributed by atoms with Crippen molar-refractivity contribution in [2.45, 2.75) is 5.51 Å². The summed E-state index contributed by atoms with van der Waals surface area (Å²) in [5, 5.41) is 1.66. The number of hydrogen-bond donors (Lipinski definition) is 0. The monoisotopic (exact) mass is 226 g/mol. The van der Waals surface area contributed by atoms with Crippen LogP contribution < -0.4 is 0 Å². The summed E-state index contributed by atoms with van der Waals surface area (Å²) in [7, 11) is 0. The molecule has 1 aromatic rings. The van der Waals surface area contributed by atoms with E-state index in [9.17, 15) is 18.0 Å². The summed E-state index contributed by atoms with van der Waals surface area (Å²) in [6.07, 6.45) is 0. The van der Waals surface area contributed by atoms with E-state index in [4.69, 9.17) is 0 Å². The minimum atomic E-state index is -4.33. The number of thioether (sulfide) groups is 1. The molecule has 0 amide bonds. The van der Waals surface area contributed by atoms with E-state index in [-0.39, 0.29) is 11.8 Å². The summed E-state index contributed by atoms with van der Waals surface area (Å²) < 4.78 is 35.0. The first kappa shape index (κ1) is 10.6. The number of hydrogen-bond acceptors (Lipinski definition) is 3. The van der Waals surface area contributed by atoms with Crippen molar-refractivity contribution in [3.05, 3.63) is 22.4 Å². The minimum Gasteiger partial charge on any atom is -0.292 e. The summed E-state index contributed by atoms with van der Waals surface area (Å²) in [6.45, 7) is 0. The van der Waals surface area contributed by atoms with Crippen molar-refractivity contribution in [3.8, 4) is 0 Å². The van der Waals surface area contributed by atoms with Gasteiger partial charge in [0.2, 0.25) is 0 Å². The third kappa shape index (κ3) is 3.82. The van der Waals surface area contributed by atoms with Crippen LogP contribution >= 0.6 is 23.1 Å². The smallest absolute Gasteiger partial charge is 0.292 e. The average Bonchev–Trinajstić information content (AvgIpc) is 2.50. The van der Waals surface area contributed by atoms with E-state index < -0.39 is 17.0 Å². The van der Waals surface area contributed by atoms with Crippen LogP contribution in [0.5, 0.6) is 0 Å². The maximum absolute atomic E-state index is 11.7. The molecule has 13 heavy (non-hydrogen) atoms. The fraction of sp³-hybridized carbons (Fsp3) is 0.286. The molecule has 0 bridgehead atoms. The molecule has 6 heteroatoms. The van der Waals surface area contributed by atoms with Gasteiger partial charge >= 0.3 is 5.51 Å². The molecule has 1 nitrogen and oxygen atoms in total. The summed E-state index contributed by atoms with van der Waals surface area (Å²) in [6, 6.07) is 3.15. The van der Waals surface area contributed by atoms with E-state index in [0.717, 1.165) is 11.3 Å². The van der Waals surface area contributed by atoms with Gasteiger partial charge in [0.25, 0.3) is 0 Å². The van der Waals surface area contributed by atoms with Gasteiger partial charge < -0.3 is 0 Å². The van der Waals surface area contributed by atoms with Crippen molar-refractivity contribution in [2.24, 2.45) is 0 Å². The van der Waals surface area contributed by atoms with Gasteiger partial charge in [-0.05, 0) is 23.2 Å². The second kappa shape index (κ2) is 4.15. The molecule has 0 unspecified atom stereocenters. The number of halogens is 3. The Balaban J connectivity index is 2.44. The zero-order valence-corrected chi connectivity index (χ0v) is 7.93. The lowest BCUT2D eigenvalue weighted by molar-refractivity contribution is -0.0327. The number of carbonyl (C=O) groups is 1. The van der Waals surface area contributed by atoms with E-state index in [1.54, 1.807) is 11.4 Å². The van der Waals surface area contributed by atoms with Gasteiger partial charge in [-0.25, -0.2) is 0 Å². The molecule has 72 valence electrons. The molecule has 0 saturated carbocycles. The molecule has 0 fully saturated rings. The van der Waals surface area contributed by atoms with E-state index >= 15 is 0 Å². The Hall–Kier alpha value is -0.490. The topological polar surface area (TPSA) is 17.1 Å². The van der Waals surface area contributed by atoms with Crippen LogP contribution in [0.25, 0.3) is 0 Å². The molecule has 1 rings (SSSR count). The second-order valence-corrected chi connectivity index (χ2v) is 4.12. The fourth-order valence-electron chi connectivity index (χ4n) is 0.656. The molecule has 0 aliphatic rings. The lowest BCUT2D eigenvalue weighted by Crippen LogP contribution is -2.07. The van der Waals surface area contributed by atoms with Gasteiger partial charge in [-0.1, -0.05) is 6.07 Å². The third-order valence-corrected chi connectivity index (χ3v) is 2.81. The van der Waals surface area contributed by atoms with Gasteiger partial charge in [0.05, 0.1) is 10.6 Å². The molecule has 0 N–H and O–H groups in total. The second-order valence-electron chi connectivity index (χ2n) is 2.13. The molecule has 0 atom stereocenters. The average molecular weight is 226 g/mol.